The molecule has 36 heavy (non-hydrogen) atoms. The van der Waals surface area contributed by atoms with E-state index in [2.05, 4.69) is 5.32 Å². The molecule has 0 aromatic carbocycles. The molecule has 0 radical (unpaired) electrons. The van der Waals surface area contributed by atoms with Crippen LogP contribution in [0.3, 0.4) is 0 Å². The predicted octanol–water partition coefficient (Wildman–Crippen LogP) is 0.261. The molecule has 204 valence electrons. The van der Waals surface area contributed by atoms with Gasteiger partial charge in [0, 0.05) is 47.6 Å². The number of hydrogen-bond acceptors (Lipinski definition) is 13. The van der Waals surface area contributed by atoms with Crippen LogP contribution in [0.5, 0.6) is 0 Å². The maximum Gasteiger partial charge on any atom is 0.348 e. The van der Waals surface area contributed by atoms with Gasteiger partial charge in [-0.1, -0.05) is 0 Å². The highest BCUT2D eigenvalue weighted by Crippen LogP contribution is 2.46. The first kappa shape index (κ1) is 31.2. The van der Waals surface area contributed by atoms with Gasteiger partial charge >= 0.3 is 29.8 Å². The van der Waals surface area contributed by atoms with Crippen molar-refractivity contribution in [1.82, 2.24) is 5.32 Å². The van der Waals surface area contributed by atoms with Gasteiger partial charge in [-0.15, -0.1) is 11.8 Å². The Morgan fingerprint density at radius 2 is 1.56 bits per heavy atom. The van der Waals surface area contributed by atoms with Crippen LogP contribution in [0.25, 0.3) is 0 Å². The molecule has 4 unspecified atom stereocenters. The van der Waals surface area contributed by atoms with Crippen molar-refractivity contribution < 1.29 is 57.2 Å². The quantitative estimate of drug-likeness (QED) is 0.282. The molecular weight excluding hydrogens is 502 g/mol. The molecule has 6 atom stereocenters. The minimum atomic E-state index is -1.75. The van der Waals surface area contributed by atoms with Crippen LogP contribution >= 0.6 is 11.8 Å². The summed E-state index contributed by atoms with van der Waals surface area (Å²) in [6, 6.07) is -1.05. The first-order valence-corrected chi connectivity index (χ1v) is 12.0. The number of methoxy groups -OCH3 is 1. The van der Waals surface area contributed by atoms with E-state index in [1.54, 1.807) is 6.92 Å². The van der Waals surface area contributed by atoms with Gasteiger partial charge in [-0.25, -0.2) is 4.79 Å². The van der Waals surface area contributed by atoms with Gasteiger partial charge in [0.1, 0.15) is 12.7 Å². The Morgan fingerprint density at radius 3 is 2.00 bits per heavy atom. The average Bonchev–Trinajstić information content (AvgIpc) is 2.75. The Labute approximate surface area is 213 Å². The first-order chi connectivity index (χ1) is 16.8. The highest BCUT2D eigenvalue weighted by molar-refractivity contribution is 8.02. The fourth-order valence-electron chi connectivity index (χ4n) is 3.78. The second-order valence-corrected chi connectivity index (χ2v) is 9.30. The molecule has 1 N–H and O–H groups in total. The molecule has 1 aliphatic heterocycles. The van der Waals surface area contributed by atoms with Crippen molar-refractivity contribution in [3.63, 3.8) is 0 Å². The summed E-state index contributed by atoms with van der Waals surface area (Å²) in [6.07, 6.45) is -4.10. The van der Waals surface area contributed by atoms with Gasteiger partial charge in [-0.05, 0) is 6.92 Å². The van der Waals surface area contributed by atoms with Crippen LogP contribution < -0.4 is 5.32 Å². The standard InChI is InChI=1S/C22H33NO12S/c1-8-32-22(21(29)30-7)9-16(33-13(4)26)18(23-11(2)24)20(36-22)19(35-15(6)28)17(34-14(5)27)10-31-12(3)25/h16-20H,8-10H2,1-7H3,(H,23,24)/t16?,17-,18?,19-,20?,22?/m1/s1. The van der Waals surface area contributed by atoms with Gasteiger partial charge in [-0.3, -0.25) is 24.0 Å². The summed E-state index contributed by atoms with van der Waals surface area (Å²) in [5, 5.41) is 1.56. The molecule has 1 heterocycles. The maximum absolute atomic E-state index is 12.9. The minimum Gasteiger partial charge on any atom is -0.466 e. The summed E-state index contributed by atoms with van der Waals surface area (Å²) < 4.78 is 32.0. The van der Waals surface area contributed by atoms with E-state index < -0.39 is 76.9 Å². The Balaban J connectivity index is 3.76. The third-order valence-electron chi connectivity index (χ3n) is 4.87. The monoisotopic (exact) mass is 535 g/mol. The molecule has 0 saturated carbocycles. The van der Waals surface area contributed by atoms with Crippen molar-refractivity contribution in [2.45, 2.75) is 82.5 Å². The highest BCUT2D eigenvalue weighted by Gasteiger charge is 2.58. The van der Waals surface area contributed by atoms with E-state index in [-0.39, 0.29) is 13.0 Å². The van der Waals surface area contributed by atoms with E-state index in [1.807, 2.05) is 0 Å². The number of thioether (sulfide) groups is 1. The van der Waals surface area contributed by atoms with Crippen LogP contribution in [0.2, 0.25) is 0 Å². The molecule has 0 aromatic rings. The third kappa shape index (κ3) is 8.97. The minimum absolute atomic E-state index is 0.0471. The van der Waals surface area contributed by atoms with E-state index in [9.17, 15) is 28.8 Å². The Morgan fingerprint density at radius 1 is 0.944 bits per heavy atom. The molecule has 13 nitrogen and oxygen atoms in total. The summed E-state index contributed by atoms with van der Waals surface area (Å²) in [7, 11) is 1.14. The van der Waals surface area contributed by atoms with Crippen LogP contribution in [-0.4, -0.2) is 90.6 Å². The zero-order valence-corrected chi connectivity index (χ0v) is 22.1. The van der Waals surface area contributed by atoms with Gasteiger partial charge < -0.3 is 33.7 Å². The van der Waals surface area contributed by atoms with E-state index in [1.165, 1.54) is 6.92 Å². The van der Waals surface area contributed by atoms with E-state index in [0.717, 1.165) is 46.6 Å². The fraction of sp³-hybridized carbons (Fsp3) is 0.727. The number of ether oxygens (including phenoxy) is 6. The van der Waals surface area contributed by atoms with Crippen molar-refractivity contribution >= 4 is 47.5 Å². The first-order valence-electron chi connectivity index (χ1n) is 11.1. The molecule has 1 rings (SSSR count). The molecule has 1 saturated heterocycles. The lowest BCUT2D eigenvalue weighted by atomic mass is 9.93. The Hall–Kier alpha value is -2.87. The van der Waals surface area contributed by atoms with Gasteiger partial charge in [0.25, 0.3) is 0 Å². The largest absolute Gasteiger partial charge is 0.466 e. The molecule has 1 fully saturated rings. The van der Waals surface area contributed by atoms with Crippen LogP contribution in [0, 0.1) is 0 Å². The van der Waals surface area contributed by atoms with Gasteiger partial charge in [0.05, 0.1) is 18.4 Å². The van der Waals surface area contributed by atoms with Crippen molar-refractivity contribution in [3.05, 3.63) is 0 Å². The number of rotatable bonds is 11. The number of hydrogen-bond donors (Lipinski definition) is 1. The summed E-state index contributed by atoms with van der Waals surface area (Å²) in [5.41, 5.74) is 0. The molecule has 14 heteroatoms. The third-order valence-corrected chi connectivity index (χ3v) is 6.54. The van der Waals surface area contributed by atoms with E-state index in [4.69, 9.17) is 28.4 Å². The Kier molecular flexibility index (Phi) is 12.1. The molecular formula is C22H33NO12S. The molecule has 0 aliphatic carbocycles. The van der Waals surface area contributed by atoms with E-state index >= 15 is 0 Å². The second-order valence-electron chi connectivity index (χ2n) is 7.86. The van der Waals surface area contributed by atoms with Crippen molar-refractivity contribution in [1.29, 1.82) is 0 Å². The van der Waals surface area contributed by atoms with Crippen LogP contribution in [-0.2, 0) is 57.2 Å². The van der Waals surface area contributed by atoms with Crippen LogP contribution in [0.15, 0.2) is 0 Å². The van der Waals surface area contributed by atoms with Crippen LogP contribution in [0.1, 0.15) is 48.0 Å². The smallest absolute Gasteiger partial charge is 0.348 e. The predicted molar refractivity (Wildman–Crippen MR) is 123 cm³/mol. The average molecular weight is 536 g/mol. The number of nitrogens with one attached hydrogen (secondary N) is 1. The molecule has 0 bridgehead atoms. The van der Waals surface area contributed by atoms with Gasteiger partial charge in [0.15, 0.2) is 12.2 Å². The number of amides is 1. The summed E-state index contributed by atoms with van der Waals surface area (Å²) in [4.78, 5) is 70.7. The van der Waals surface area contributed by atoms with Crippen LogP contribution in [0.4, 0.5) is 0 Å². The lowest BCUT2D eigenvalue weighted by molar-refractivity contribution is -0.177. The fourth-order valence-corrected chi connectivity index (χ4v) is 5.60. The van der Waals surface area contributed by atoms with E-state index in [0.29, 0.717) is 0 Å². The normalized spacial score (nSPS) is 24.9. The summed E-state index contributed by atoms with van der Waals surface area (Å²) in [6.45, 7) is 6.88. The van der Waals surface area contributed by atoms with Gasteiger partial charge in [0.2, 0.25) is 10.8 Å². The maximum atomic E-state index is 12.9. The molecule has 1 aliphatic rings. The SMILES string of the molecule is CCOC1(C(=O)OC)CC(OC(C)=O)C(NC(C)=O)C([C@H](OC(C)=O)[C@@H](COC(C)=O)OC(C)=O)S1. The van der Waals surface area contributed by atoms with Gasteiger partial charge in [-0.2, -0.15) is 0 Å². The molecule has 0 aromatic heterocycles. The zero-order chi connectivity index (χ0) is 27.6. The Bertz CT molecular complexity index is 849. The van der Waals surface area contributed by atoms with Crippen molar-refractivity contribution in [2.75, 3.05) is 20.3 Å². The highest BCUT2D eigenvalue weighted by atomic mass is 32.2. The number of carbonyl (C=O) groups is 6. The summed E-state index contributed by atoms with van der Waals surface area (Å²) in [5.74, 6) is -4.31. The summed E-state index contributed by atoms with van der Waals surface area (Å²) >= 11 is 0.845. The number of esters is 5. The van der Waals surface area contributed by atoms with Crippen molar-refractivity contribution in [2.24, 2.45) is 0 Å². The molecule has 1 amide bonds. The number of carbonyl (C=O) groups excluding carboxylic acids is 6. The lowest BCUT2D eigenvalue weighted by Crippen LogP contribution is -2.65. The van der Waals surface area contributed by atoms with Crippen molar-refractivity contribution in [3.8, 4) is 0 Å². The topological polar surface area (TPSA) is 170 Å². The molecule has 0 spiro atoms. The zero-order valence-electron chi connectivity index (χ0n) is 21.3. The second kappa shape index (κ2) is 14.0. The lowest BCUT2D eigenvalue weighted by Gasteiger charge is -2.48.